The summed E-state index contributed by atoms with van der Waals surface area (Å²) >= 11 is 0. The molecule has 0 aromatic heterocycles. The summed E-state index contributed by atoms with van der Waals surface area (Å²) in [6, 6.07) is 0. The van der Waals surface area contributed by atoms with Crippen molar-refractivity contribution in [3.63, 3.8) is 0 Å². The average molecular weight is 328 g/mol. The molecule has 1 unspecified atom stereocenters. The van der Waals surface area contributed by atoms with E-state index in [1.165, 1.54) is 38.5 Å². The predicted octanol–water partition coefficient (Wildman–Crippen LogP) is 1.33. The standard InChI is InChI=1S/C15H30O4S.Na/c1-3-5-6-7-8-9-10-11-12-14-15(13-4-2)19-20(16,17)18;/h4,15H,2-3,5-14H2,1H3,(H,16,17,18);/q;+1/p-1. The Kier molecular flexibility index (Phi) is 17.6. The maximum Gasteiger partial charge on any atom is 1.00 e. The van der Waals surface area contributed by atoms with Crippen molar-refractivity contribution >= 4 is 10.4 Å². The Morgan fingerprint density at radius 2 is 1.52 bits per heavy atom. The van der Waals surface area contributed by atoms with Crippen LogP contribution >= 0.6 is 0 Å². The SMILES string of the molecule is C=CCC(CCCCCCCCCCC)OS(=O)(=O)[O-].[Na+]. The molecule has 0 N–H and O–H groups in total. The summed E-state index contributed by atoms with van der Waals surface area (Å²) in [5, 5.41) is 0. The van der Waals surface area contributed by atoms with Crippen LogP contribution in [0.25, 0.3) is 0 Å². The van der Waals surface area contributed by atoms with Crippen LogP contribution in [0.1, 0.15) is 77.6 Å². The van der Waals surface area contributed by atoms with Gasteiger partial charge in [0.25, 0.3) is 0 Å². The van der Waals surface area contributed by atoms with Gasteiger partial charge < -0.3 is 4.55 Å². The minimum atomic E-state index is -4.60. The van der Waals surface area contributed by atoms with Gasteiger partial charge in [-0.15, -0.1) is 6.58 Å². The quantitative estimate of drug-likeness (QED) is 0.159. The van der Waals surface area contributed by atoms with E-state index >= 15 is 0 Å². The van der Waals surface area contributed by atoms with Gasteiger partial charge >= 0.3 is 29.6 Å². The van der Waals surface area contributed by atoms with Crippen LogP contribution in [0.5, 0.6) is 0 Å². The normalized spacial score (nSPS) is 12.7. The van der Waals surface area contributed by atoms with Gasteiger partial charge in [-0.1, -0.05) is 70.8 Å². The minimum Gasteiger partial charge on any atom is -0.726 e. The monoisotopic (exact) mass is 328 g/mol. The van der Waals surface area contributed by atoms with Crippen molar-refractivity contribution in [3.05, 3.63) is 12.7 Å². The van der Waals surface area contributed by atoms with Crippen molar-refractivity contribution in [2.75, 3.05) is 0 Å². The third-order valence-corrected chi connectivity index (χ3v) is 3.82. The molecule has 21 heavy (non-hydrogen) atoms. The van der Waals surface area contributed by atoms with Crippen molar-refractivity contribution in [1.82, 2.24) is 0 Å². The van der Waals surface area contributed by atoms with Crippen LogP contribution in [0.2, 0.25) is 0 Å². The zero-order valence-corrected chi connectivity index (χ0v) is 16.5. The van der Waals surface area contributed by atoms with Crippen LogP contribution < -0.4 is 29.6 Å². The van der Waals surface area contributed by atoms with Gasteiger partial charge in [0.2, 0.25) is 10.4 Å². The van der Waals surface area contributed by atoms with Crippen LogP contribution in [0, 0.1) is 0 Å². The zero-order chi connectivity index (χ0) is 15.3. The van der Waals surface area contributed by atoms with E-state index in [1.54, 1.807) is 6.08 Å². The van der Waals surface area contributed by atoms with Gasteiger partial charge in [-0.3, -0.25) is 4.18 Å². The van der Waals surface area contributed by atoms with E-state index in [2.05, 4.69) is 17.7 Å². The van der Waals surface area contributed by atoms with E-state index in [4.69, 9.17) is 0 Å². The van der Waals surface area contributed by atoms with Crippen molar-refractivity contribution in [3.8, 4) is 0 Å². The second-order valence-electron chi connectivity index (χ2n) is 5.27. The van der Waals surface area contributed by atoms with Gasteiger partial charge in [0, 0.05) is 0 Å². The Morgan fingerprint density at radius 1 is 1.05 bits per heavy atom. The second-order valence-corrected chi connectivity index (χ2v) is 6.28. The van der Waals surface area contributed by atoms with Crippen LogP contribution in [0.3, 0.4) is 0 Å². The maximum absolute atomic E-state index is 10.6. The summed E-state index contributed by atoms with van der Waals surface area (Å²) in [4.78, 5) is 0. The molecule has 0 fully saturated rings. The smallest absolute Gasteiger partial charge is 0.726 e. The molecule has 4 nitrogen and oxygen atoms in total. The summed E-state index contributed by atoms with van der Waals surface area (Å²) in [5.41, 5.74) is 0. The molecule has 0 heterocycles. The Morgan fingerprint density at radius 3 is 1.95 bits per heavy atom. The van der Waals surface area contributed by atoms with Crippen molar-refractivity contribution in [1.29, 1.82) is 0 Å². The van der Waals surface area contributed by atoms with Crippen molar-refractivity contribution in [2.24, 2.45) is 0 Å². The zero-order valence-electron chi connectivity index (χ0n) is 13.7. The molecule has 0 aliphatic carbocycles. The van der Waals surface area contributed by atoms with Gasteiger partial charge in [-0.2, -0.15) is 0 Å². The largest absolute Gasteiger partial charge is 1.00 e. The molecule has 120 valence electrons. The first-order chi connectivity index (χ1) is 9.49. The number of hydrogen-bond donors (Lipinski definition) is 0. The fraction of sp³-hybridized carbons (Fsp3) is 0.867. The Balaban J connectivity index is 0. The molecule has 0 bridgehead atoms. The molecule has 0 aliphatic heterocycles. The predicted molar refractivity (Wildman–Crippen MR) is 81.2 cm³/mol. The second kappa shape index (κ2) is 15.5. The van der Waals surface area contributed by atoms with E-state index in [-0.39, 0.29) is 29.6 Å². The third kappa shape index (κ3) is 18.6. The van der Waals surface area contributed by atoms with Crippen LogP contribution in [0.15, 0.2) is 12.7 Å². The van der Waals surface area contributed by atoms with Gasteiger partial charge in [-0.25, -0.2) is 8.42 Å². The molecule has 0 aromatic rings. The summed E-state index contributed by atoms with van der Waals surface area (Å²) < 4.78 is 36.2. The summed E-state index contributed by atoms with van der Waals surface area (Å²) in [7, 11) is -4.60. The van der Waals surface area contributed by atoms with E-state index in [0.717, 1.165) is 19.3 Å². The molecule has 0 radical (unpaired) electrons. The molecular weight excluding hydrogens is 299 g/mol. The van der Waals surface area contributed by atoms with Gasteiger partial charge in [-0.05, 0) is 12.8 Å². The molecule has 0 aliphatic rings. The first-order valence-electron chi connectivity index (χ1n) is 7.74. The van der Waals surface area contributed by atoms with Crippen molar-refractivity contribution < 1.29 is 46.7 Å². The number of unbranched alkanes of at least 4 members (excludes halogenated alkanes) is 8. The van der Waals surface area contributed by atoms with Crippen LogP contribution in [0.4, 0.5) is 0 Å². The first kappa shape index (κ1) is 23.9. The van der Waals surface area contributed by atoms with Gasteiger partial charge in [0.05, 0.1) is 6.10 Å². The Labute approximate surface area is 153 Å². The molecule has 0 spiro atoms. The first-order valence-corrected chi connectivity index (χ1v) is 9.08. The Bertz CT molecular complexity index is 331. The van der Waals surface area contributed by atoms with E-state index in [9.17, 15) is 13.0 Å². The summed E-state index contributed by atoms with van der Waals surface area (Å²) in [5.74, 6) is 0. The molecule has 0 saturated carbocycles. The molecular formula is C15H29NaO4S. The fourth-order valence-electron chi connectivity index (χ4n) is 2.24. The average Bonchev–Trinajstić information content (AvgIpc) is 2.35. The van der Waals surface area contributed by atoms with Gasteiger partial charge in [0.1, 0.15) is 0 Å². The molecule has 6 heteroatoms. The topological polar surface area (TPSA) is 66.4 Å². The summed E-state index contributed by atoms with van der Waals surface area (Å²) in [6.07, 6.45) is 12.9. The molecule has 0 rings (SSSR count). The molecule has 1 atom stereocenters. The number of rotatable bonds is 14. The van der Waals surface area contributed by atoms with Crippen LogP contribution in [-0.2, 0) is 14.6 Å². The number of hydrogen-bond acceptors (Lipinski definition) is 4. The van der Waals surface area contributed by atoms with E-state index in [1.807, 2.05) is 0 Å². The molecule has 0 saturated heterocycles. The Hall–Kier alpha value is 0.610. The summed E-state index contributed by atoms with van der Waals surface area (Å²) in [6.45, 7) is 5.76. The minimum absolute atomic E-state index is 0. The third-order valence-electron chi connectivity index (χ3n) is 3.31. The molecule has 0 aromatic carbocycles. The molecule has 0 amide bonds. The van der Waals surface area contributed by atoms with Crippen molar-refractivity contribution in [2.45, 2.75) is 83.7 Å². The van der Waals surface area contributed by atoms with E-state index < -0.39 is 16.5 Å². The van der Waals surface area contributed by atoms with Crippen LogP contribution in [-0.4, -0.2) is 19.1 Å². The fourth-order valence-corrected chi connectivity index (χ4v) is 2.75. The van der Waals surface area contributed by atoms with Gasteiger partial charge in [0.15, 0.2) is 0 Å². The maximum atomic E-state index is 10.6. The van der Waals surface area contributed by atoms with E-state index in [0.29, 0.717) is 12.8 Å².